The third kappa shape index (κ3) is 2.27. The quantitative estimate of drug-likeness (QED) is 0.725. The van der Waals surface area contributed by atoms with E-state index in [2.05, 4.69) is 0 Å². The number of nitrogens with zero attached hydrogens (tertiary/aromatic N) is 2. The van der Waals surface area contributed by atoms with Gasteiger partial charge in [0.15, 0.2) is 5.78 Å². The first-order valence-electron chi connectivity index (χ1n) is 6.64. The van der Waals surface area contributed by atoms with Crippen LogP contribution in [0.15, 0.2) is 18.2 Å². The molecule has 1 aromatic carbocycles. The van der Waals surface area contributed by atoms with Gasteiger partial charge < -0.3 is 9.64 Å². The van der Waals surface area contributed by atoms with Crippen molar-refractivity contribution >= 4 is 17.5 Å². The number of rotatable bonds is 0. The SMILES string of the molecule is O=C1CCN(C(=O)N2CCOCC2)c2ccc(F)cc21. The lowest BCUT2D eigenvalue weighted by Gasteiger charge is -2.35. The molecule has 2 aliphatic heterocycles. The molecule has 0 aromatic heterocycles. The predicted molar refractivity (Wildman–Crippen MR) is 70.5 cm³/mol. The number of ether oxygens (including phenoxy) is 1. The molecule has 0 saturated carbocycles. The first kappa shape index (κ1) is 13.1. The zero-order valence-electron chi connectivity index (χ0n) is 11.0. The standard InChI is InChI=1S/C14H15FN2O3/c15-10-1-2-12-11(9-10)13(18)3-4-17(12)14(19)16-5-7-20-8-6-16/h1-2,9H,3-8H2. The van der Waals surface area contributed by atoms with Crippen molar-refractivity contribution in [3.8, 4) is 0 Å². The molecule has 6 heteroatoms. The Bertz CT molecular complexity index is 555. The number of anilines is 1. The van der Waals surface area contributed by atoms with Crippen molar-refractivity contribution in [3.63, 3.8) is 0 Å². The fourth-order valence-corrected chi connectivity index (χ4v) is 2.56. The van der Waals surface area contributed by atoms with Gasteiger partial charge >= 0.3 is 6.03 Å². The van der Waals surface area contributed by atoms with Crippen LogP contribution in [0.4, 0.5) is 14.9 Å². The number of carbonyl (C=O) groups excluding carboxylic acids is 2. The summed E-state index contributed by atoms with van der Waals surface area (Å²) in [6.45, 7) is 2.47. The molecule has 0 atom stereocenters. The summed E-state index contributed by atoms with van der Waals surface area (Å²) < 4.78 is 18.5. The number of carbonyl (C=O) groups is 2. The van der Waals surface area contributed by atoms with Crippen molar-refractivity contribution in [1.29, 1.82) is 0 Å². The van der Waals surface area contributed by atoms with Gasteiger partial charge in [-0.1, -0.05) is 0 Å². The number of Topliss-reactive ketones (excluding diaryl/α,β-unsaturated/α-hetero) is 1. The number of fused-ring (bicyclic) bond motifs is 1. The Labute approximate surface area is 115 Å². The van der Waals surface area contributed by atoms with E-state index < -0.39 is 5.82 Å². The van der Waals surface area contributed by atoms with E-state index in [4.69, 9.17) is 4.74 Å². The minimum atomic E-state index is -0.460. The Morgan fingerprint density at radius 2 is 1.95 bits per heavy atom. The number of amides is 2. The third-order valence-electron chi connectivity index (χ3n) is 3.62. The average molecular weight is 278 g/mol. The Hall–Kier alpha value is -1.95. The van der Waals surface area contributed by atoms with E-state index in [9.17, 15) is 14.0 Å². The first-order valence-corrected chi connectivity index (χ1v) is 6.64. The summed E-state index contributed by atoms with van der Waals surface area (Å²) in [5.41, 5.74) is 0.789. The van der Waals surface area contributed by atoms with Crippen LogP contribution in [-0.2, 0) is 4.74 Å². The second kappa shape index (κ2) is 5.20. The molecule has 1 aromatic rings. The van der Waals surface area contributed by atoms with Gasteiger partial charge in [-0.3, -0.25) is 9.69 Å². The summed E-state index contributed by atoms with van der Waals surface area (Å²) in [6.07, 6.45) is 0.229. The van der Waals surface area contributed by atoms with Crippen LogP contribution in [0.25, 0.3) is 0 Å². The number of halogens is 1. The number of hydrogen-bond acceptors (Lipinski definition) is 3. The van der Waals surface area contributed by atoms with Crippen LogP contribution in [0.2, 0.25) is 0 Å². The van der Waals surface area contributed by atoms with E-state index in [0.717, 1.165) is 0 Å². The van der Waals surface area contributed by atoms with E-state index in [1.165, 1.54) is 18.2 Å². The molecule has 0 aliphatic carbocycles. The fourth-order valence-electron chi connectivity index (χ4n) is 2.56. The van der Waals surface area contributed by atoms with Crippen LogP contribution in [0.1, 0.15) is 16.8 Å². The van der Waals surface area contributed by atoms with Crippen LogP contribution >= 0.6 is 0 Å². The van der Waals surface area contributed by atoms with Crippen molar-refractivity contribution in [1.82, 2.24) is 4.90 Å². The Balaban J connectivity index is 1.90. The van der Waals surface area contributed by atoms with Crippen molar-refractivity contribution in [2.75, 3.05) is 37.7 Å². The minimum absolute atomic E-state index is 0.120. The summed E-state index contributed by atoms with van der Waals surface area (Å²) in [5, 5.41) is 0. The van der Waals surface area contributed by atoms with E-state index in [0.29, 0.717) is 38.5 Å². The number of benzene rings is 1. The maximum atomic E-state index is 13.3. The second-order valence-corrected chi connectivity index (χ2v) is 4.87. The molecule has 2 amide bonds. The molecule has 0 N–H and O–H groups in total. The normalized spacial score (nSPS) is 18.9. The van der Waals surface area contributed by atoms with Crippen LogP contribution in [0, 0.1) is 5.82 Å². The lowest BCUT2D eigenvalue weighted by atomic mass is 10.0. The van der Waals surface area contributed by atoms with Crippen molar-refractivity contribution in [2.45, 2.75) is 6.42 Å². The molecule has 2 heterocycles. The van der Waals surface area contributed by atoms with Crippen LogP contribution < -0.4 is 4.90 Å². The van der Waals surface area contributed by atoms with Gasteiger partial charge in [-0.15, -0.1) is 0 Å². The molecule has 106 valence electrons. The highest BCUT2D eigenvalue weighted by Gasteiger charge is 2.30. The molecule has 1 fully saturated rings. The highest BCUT2D eigenvalue weighted by molar-refractivity contribution is 6.08. The number of ketones is 1. The summed E-state index contributed by atoms with van der Waals surface area (Å²) in [5.74, 6) is -0.580. The number of urea groups is 1. The Morgan fingerprint density at radius 1 is 1.20 bits per heavy atom. The molecular formula is C14H15FN2O3. The maximum Gasteiger partial charge on any atom is 0.324 e. The molecule has 3 rings (SSSR count). The monoisotopic (exact) mass is 278 g/mol. The van der Waals surface area contributed by atoms with Gasteiger partial charge in [0.05, 0.1) is 18.9 Å². The predicted octanol–water partition coefficient (Wildman–Crippen LogP) is 1.67. The van der Waals surface area contributed by atoms with Gasteiger partial charge in [0.2, 0.25) is 0 Å². The molecular weight excluding hydrogens is 263 g/mol. The number of hydrogen-bond donors (Lipinski definition) is 0. The van der Waals surface area contributed by atoms with Gasteiger partial charge in [-0.25, -0.2) is 9.18 Å². The molecule has 5 nitrogen and oxygen atoms in total. The van der Waals surface area contributed by atoms with Crippen LogP contribution in [0.5, 0.6) is 0 Å². The Morgan fingerprint density at radius 3 is 2.70 bits per heavy atom. The van der Waals surface area contributed by atoms with Gasteiger partial charge in [0, 0.05) is 31.6 Å². The Kier molecular flexibility index (Phi) is 3.40. The molecule has 0 unspecified atom stereocenters. The van der Waals surface area contributed by atoms with E-state index >= 15 is 0 Å². The molecule has 20 heavy (non-hydrogen) atoms. The lowest BCUT2D eigenvalue weighted by molar-refractivity contribution is 0.0547. The van der Waals surface area contributed by atoms with Gasteiger partial charge in [0.25, 0.3) is 0 Å². The van der Waals surface area contributed by atoms with Gasteiger partial charge in [0.1, 0.15) is 5.82 Å². The molecule has 0 bridgehead atoms. The largest absolute Gasteiger partial charge is 0.378 e. The maximum absolute atomic E-state index is 13.3. The van der Waals surface area contributed by atoms with E-state index in [1.807, 2.05) is 0 Å². The van der Waals surface area contributed by atoms with Gasteiger partial charge in [-0.2, -0.15) is 0 Å². The number of morpholine rings is 1. The average Bonchev–Trinajstić information content (AvgIpc) is 2.48. The minimum Gasteiger partial charge on any atom is -0.378 e. The molecule has 2 aliphatic rings. The van der Waals surface area contributed by atoms with Crippen molar-refractivity contribution in [3.05, 3.63) is 29.6 Å². The highest BCUT2D eigenvalue weighted by atomic mass is 19.1. The smallest absolute Gasteiger partial charge is 0.324 e. The molecule has 0 radical (unpaired) electrons. The summed E-state index contributed by atoms with van der Waals surface area (Å²) in [6, 6.07) is 3.83. The summed E-state index contributed by atoms with van der Waals surface area (Å²) in [4.78, 5) is 27.6. The molecule has 1 saturated heterocycles. The highest BCUT2D eigenvalue weighted by Crippen LogP contribution is 2.28. The molecule has 0 spiro atoms. The zero-order chi connectivity index (χ0) is 14.1. The lowest BCUT2D eigenvalue weighted by Crippen LogP contribution is -2.50. The van der Waals surface area contributed by atoms with Crippen molar-refractivity contribution in [2.24, 2.45) is 0 Å². The first-order chi connectivity index (χ1) is 9.66. The van der Waals surface area contributed by atoms with E-state index in [1.54, 1.807) is 9.80 Å². The summed E-state index contributed by atoms with van der Waals surface area (Å²) in [7, 11) is 0. The third-order valence-corrected chi connectivity index (χ3v) is 3.62. The van der Waals surface area contributed by atoms with E-state index in [-0.39, 0.29) is 23.8 Å². The summed E-state index contributed by atoms with van der Waals surface area (Å²) >= 11 is 0. The second-order valence-electron chi connectivity index (χ2n) is 4.87. The zero-order valence-corrected chi connectivity index (χ0v) is 11.0. The van der Waals surface area contributed by atoms with Crippen molar-refractivity contribution < 1.29 is 18.7 Å². The van der Waals surface area contributed by atoms with Crippen LogP contribution in [0.3, 0.4) is 0 Å². The van der Waals surface area contributed by atoms with Gasteiger partial charge in [-0.05, 0) is 18.2 Å². The fraction of sp³-hybridized carbons (Fsp3) is 0.429. The van der Waals surface area contributed by atoms with Crippen LogP contribution in [-0.4, -0.2) is 49.6 Å². The topological polar surface area (TPSA) is 49.9 Å².